The van der Waals surface area contributed by atoms with Crippen LogP contribution in [0.2, 0.25) is 0 Å². The smallest absolute Gasteiger partial charge is 0.187 e. The Bertz CT molecular complexity index is 934. The molecule has 10 N–H and O–H groups in total. The Balaban J connectivity index is 1.54. The van der Waals surface area contributed by atoms with E-state index >= 15 is 0 Å². The standard InChI is InChI=1S/C36H68O17/c1-2-3-4-5-6-7-8-9-10-11-12-13-14-15-16-47-20-22(21-48-34-31(45)28(42)25(19-39)50-34)49-36-33(30(44)27(41)24(18-38)52-36)53-35-32(46)29(43)26(40)23(17-37)51-35/h22-46H,2-21H2,1H3/t22-,23-,24-,25+,26-,27-,28?,29?,30?,31-,32?,33?,34+,35+,36-/m1/s1. The Labute approximate surface area is 312 Å². The van der Waals surface area contributed by atoms with Crippen molar-refractivity contribution in [2.75, 3.05) is 39.6 Å². The Morgan fingerprint density at radius 3 is 1.43 bits per heavy atom. The summed E-state index contributed by atoms with van der Waals surface area (Å²) in [5, 5.41) is 102. The van der Waals surface area contributed by atoms with Crippen LogP contribution in [0.5, 0.6) is 0 Å². The third-order valence-electron chi connectivity index (χ3n) is 10.2. The molecule has 0 spiro atoms. The van der Waals surface area contributed by atoms with Gasteiger partial charge < -0.3 is 84.2 Å². The first kappa shape index (κ1) is 46.7. The van der Waals surface area contributed by atoms with Crippen LogP contribution in [0.4, 0.5) is 0 Å². The van der Waals surface area contributed by atoms with Gasteiger partial charge in [-0.15, -0.1) is 0 Å². The number of hydrogen-bond acceptors (Lipinski definition) is 17. The molecule has 0 radical (unpaired) electrons. The molecule has 17 nitrogen and oxygen atoms in total. The van der Waals surface area contributed by atoms with Crippen LogP contribution in [0.1, 0.15) is 96.8 Å². The summed E-state index contributed by atoms with van der Waals surface area (Å²) in [4.78, 5) is 0. The van der Waals surface area contributed by atoms with E-state index in [1.807, 2.05) is 0 Å². The zero-order valence-corrected chi connectivity index (χ0v) is 31.1. The summed E-state index contributed by atoms with van der Waals surface area (Å²) in [5.74, 6) is 0. The SMILES string of the molecule is CCCCCCCCCCCCCCCCOC[C@H](CO[C@H]1O[C@@H](CO)C(O)[C@H]1O)O[C@@H]1O[C@H](CO)[C@@H](O)C(O)C1O[C@@H]1O[C@H](CO)[C@@H](O)C(O)C1O. The van der Waals surface area contributed by atoms with Gasteiger partial charge >= 0.3 is 0 Å². The predicted molar refractivity (Wildman–Crippen MR) is 186 cm³/mol. The average molecular weight is 773 g/mol. The highest BCUT2D eigenvalue weighted by Crippen LogP contribution is 2.31. The highest BCUT2D eigenvalue weighted by molar-refractivity contribution is 4.94. The molecule has 0 saturated carbocycles. The molecule has 15 atom stereocenters. The highest BCUT2D eigenvalue weighted by Gasteiger charge is 2.51. The van der Waals surface area contributed by atoms with E-state index in [0.29, 0.717) is 6.61 Å². The topological polar surface area (TPSA) is 267 Å². The number of aliphatic hydroxyl groups is 10. The molecule has 3 heterocycles. The third-order valence-corrected chi connectivity index (χ3v) is 10.2. The molecule has 3 rings (SSSR count). The zero-order chi connectivity index (χ0) is 38.8. The van der Waals surface area contributed by atoms with E-state index in [1.54, 1.807) is 0 Å². The molecule has 3 aliphatic heterocycles. The van der Waals surface area contributed by atoms with E-state index in [-0.39, 0.29) is 13.2 Å². The first-order valence-corrected chi connectivity index (χ1v) is 19.6. The average Bonchev–Trinajstić information content (AvgIpc) is 3.44. The summed E-state index contributed by atoms with van der Waals surface area (Å²) < 4.78 is 40.0. The van der Waals surface area contributed by atoms with Gasteiger partial charge in [0.2, 0.25) is 0 Å². The number of ether oxygens (including phenoxy) is 7. The molecule has 3 aliphatic rings. The van der Waals surface area contributed by atoms with Gasteiger partial charge in [0.05, 0.1) is 33.0 Å². The van der Waals surface area contributed by atoms with Gasteiger partial charge in [0.15, 0.2) is 18.9 Å². The number of aliphatic hydroxyl groups excluding tert-OH is 10. The normalized spacial score (nSPS) is 37.0. The molecule has 53 heavy (non-hydrogen) atoms. The first-order valence-electron chi connectivity index (χ1n) is 19.6. The monoisotopic (exact) mass is 772 g/mol. The molecule has 0 bridgehead atoms. The second-order valence-electron chi connectivity index (χ2n) is 14.5. The van der Waals surface area contributed by atoms with Crippen LogP contribution in [0.15, 0.2) is 0 Å². The van der Waals surface area contributed by atoms with Gasteiger partial charge in [-0.25, -0.2) is 0 Å². The Kier molecular flexibility index (Phi) is 22.5. The fourth-order valence-electron chi connectivity index (χ4n) is 6.78. The number of hydrogen-bond donors (Lipinski definition) is 10. The van der Waals surface area contributed by atoms with Gasteiger partial charge in [0.25, 0.3) is 0 Å². The Morgan fingerprint density at radius 2 is 0.906 bits per heavy atom. The van der Waals surface area contributed by atoms with Gasteiger partial charge in [-0.05, 0) is 6.42 Å². The molecule has 0 aromatic heterocycles. The van der Waals surface area contributed by atoms with Crippen LogP contribution in [0.25, 0.3) is 0 Å². The van der Waals surface area contributed by atoms with Crippen LogP contribution in [0.3, 0.4) is 0 Å². The van der Waals surface area contributed by atoms with Crippen molar-refractivity contribution >= 4 is 0 Å². The molecule has 5 unspecified atom stereocenters. The first-order chi connectivity index (χ1) is 25.6. The van der Waals surface area contributed by atoms with Crippen molar-refractivity contribution in [1.82, 2.24) is 0 Å². The van der Waals surface area contributed by atoms with Crippen LogP contribution in [-0.2, 0) is 33.2 Å². The lowest BCUT2D eigenvalue weighted by molar-refractivity contribution is -0.374. The second-order valence-corrected chi connectivity index (χ2v) is 14.5. The summed E-state index contributed by atoms with van der Waals surface area (Å²) in [6.45, 7) is 0.182. The number of rotatable bonds is 27. The third kappa shape index (κ3) is 14.6. The lowest BCUT2D eigenvalue weighted by atomic mass is 9.97. The van der Waals surface area contributed by atoms with Crippen molar-refractivity contribution < 1.29 is 84.2 Å². The molecule has 3 saturated heterocycles. The summed E-state index contributed by atoms with van der Waals surface area (Å²) >= 11 is 0. The van der Waals surface area contributed by atoms with Crippen molar-refractivity contribution in [3.8, 4) is 0 Å². The van der Waals surface area contributed by atoms with Crippen LogP contribution < -0.4 is 0 Å². The molecule has 314 valence electrons. The van der Waals surface area contributed by atoms with Crippen molar-refractivity contribution in [2.24, 2.45) is 0 Å². The maximum Gasteiger partial charge on any atom is 0.187 e. The van der Waals surface area contributed by atoms with Gasteiger partial charge in [0, 0.05) is 6.61 Å². The van der Waals surface area contributed by atoms with Crippen molar-refractivity contribution in [3.63, 3.8) is 0 Å². The molecular formula is C36H68O17. The quantitative estimate of drug-likeness (QED) is 0.0447. The Hall–Kier alpha value is -0.680. The van der Waals surface area contributed by atoms with Crippen molar-refractivity contribution in [2.45, 2.75) is 189 Å². The number of unbranched alkanes of at least 4 members (excludes halogenated alkanes) is 13. The van der Waals surface area contributed by atoms with Gasteiger partial charge in [-0.3, -0.25) is 0 Å². The van der Waals surface area contributed by atoms with E-state index in [0.717, 1.165) is 25.7 Å². The van der Waals surface area contributed by atoms with Crippen molar-refractivity contribution in [1.29, 1.82) is 0 Å². The second kappa shape index (κ2) is 25.5. The summed E-state index contributed by atoms with van der Waals surface area (Å²) in [7, 11) is 0. The lowest BCUT2D eigenvalue weighted by Crippen LogP contribution is -2.65. The maximum atomic E-state index is 11.0. The maximum absolute atomic E-state index is 11.0. The zero-order valence-electron chi connectivity index (χ0n) is 31.1. The van der Waals surface area contributed by atoms with E-state index < -0.39 is 112 Å². The van der Waals surface area contributed by atoms with E-state index in [4.69, 9.17) is 33.2 Å². The fourth-order valence-corrected chi connectivity index (χ4v) is 6.78. The summed E-state index contributed by atoms with van der Waals surface area (Å²) in [5.41, 5.74) is 0. The molecule has 17 heteroatoms. The molecule has 0 aromatic rings. The van der Waals surface area contributed by atoms with Gasteiger partial charge in [-0.2, -0.15) is 0 Å². The minimum absolute atomic E-state index is 0.0949. The van der Waals surface area contributed by atoms with Crippen LogP contribution in [-0.4, -0.2) is 183 Å². The van der Waals surface area contributed by atoms with Crippen LogP contribution in [0, 0.1) is 0 Å². The molecule has 0 aliphatic carbocycles. The van der Waals surface area contributed by atoms with Gasteiger partial charge in [0.1, 0.15) is 73.2 Å². The van der Waals surface area contributed by atoms with Crippen LogP contribution >= 0.6 is 0 Å². The summed E-state index contributed by atoms with van der Waals surface area (Å²) in [6, 6.07) is 0. The van der Waals surface area contributed by atoms with E-state index in [1.165, 1.54) is 64.2 Å². The summed E-state index contributed by atoms with van der Waals surface area (Å²) in [6.07, 6.45) is -5.70. The minimum atomic E-state index is -1.84. The predicted octanol–water partition coefficient (Wildman–Crippen LogP) is -1.05. The van der Waals surface area contributed by atoms with E-state index in [2.05, 4.69) is 6.92 Å². The van der Waals surface area contributed by atoms with E-state index in [9.17, 15) is 51.1 Å². The molecule has 0 aromatic carbocycles. The largest absolute Gasteiger partial charge is 0.394 e. The highest BCUT2D eigenvalue weighted by atomic mass is 16.8. The van der Waals surface area contributed by atoms with Crippen molar-refractivity contribution in [3.05, 3.63) is 0 Å². The molecule has 3 fully saturated rings. The molecule has 0 amide bonds. The Morgan fingerprint density at radius 1 is 0.472 bits per heavy atom. The molecular weight excluding hydrogens is 704 g/mol. The van der Waals surface area contributed by atoms with Gasteiger partial charge in [-0.1, -0.05) is 90.4 Å². The fraction of sp³-hybridized carbons (Fsp3) is 1.00. The minimum Gasteiger partial charge on any atom is -0.394 e. The lowest BCUT2D eigenvalue weighted by Gasteiger charge is -2.46.